The second-order valence-electron chi connectivity index (χ2n) is 12.3. The van der Waals surface area contributed by atoms with Crippen molar-refractivity contribution in [2.24, 2.45) is 5.92 Å². The highest BCUT2D eigenvalue weighted by atomic mass is 35.5. The maximum absolute atomic E-state index is 14.1. The monoisotopic (exact) mass is 689 g/mol. The molecule has 44 heavy (non-hydrogen) atoms. The van der Waals surface area contributed by atoms with E-state index in [9.17, 15) is 32.3 Å². The minimum atomic E-state index is -4.43. The Morgan fingerprint density at radius 3 is 2.18 bits per heavy atom. The quantitative estimate of drug-likeness (QED) is 0.148. The predicted molar refractivity (Wildman–Crippen MR) is 161 cm³/mol. The molecule has 3 aromatic carbocycles. The molecule has 2 N–H and O–H groups in total. The lowest BCUT2D eigenvalue weighted by atomic mass is 9.65. The molecular formula is C31H26Cl3F4NO4S. The summed E-state index contributed by atoms with van der Waals surface area (Å²) in [5.41, 5.74) is -5.68. The normalized spacial score (nSPS) is 31.1. The summed E-state index contributed by atoms with van der Waals surface area (Å²) in [5.74, 6) is -3.02. The number of carboxylic acid groups (broad SMARTS) is 1. The fraction of sp³-hybridized carbons (Fsp3) is 0.419. The second-order valence-corrected chi connectivity index (χ2v) is 15.8. The standard InChI is InChI=1S/C31H26Cl3F4NO4S/c32-27-10-19-11-28(33,13-27)15-29(34,14-27)16-30(19,26(41)42)39-25(40)23-7-3-18-9-20(35)4-8-22(18)24(23)43-12-17-1-5-21(6-2-17)44-31(36,37)38/h1-9,19H,10-16H2,(H,39,40)(H,41,42)/t19-,27-,28+,29?,30-/m0/s1. The number of halogens is 7. The minimum absolute atomic E-state index is 0.00157. The molecule has 1 unspecified atom stereocenters. The molecule has 7 rings (SSSR count). The molecular weight excluding hydrogens is 665 g/mol. The topological polar surface area (TPSA) is 75.6 Å². The van der Waals surface area contributed by atoms with Crippen LogP contribution in [0.15, 0.2) is 59.5 Å². The highest BCUT2D eigenvalue weighted by Gasteiger charge is 2.68. The van der Waals surface area contributed by atoms with Gasteiger partial charge in [0.15, 0.2) is 0 Å². The fourth-order valence-corrected chi connectivity index (χ4v) is 10.4. The molecule has 0 aromatic heterocycles. The molecule has 13 heteroatoms. The second kappa shape index (κ2) is 10.9. The van der Waals surface area contributed by atoms with Crippen LogP contribution < -0.4 is 10.1 Å². The van der Waals surface area contributed by atoms with E-state index in [4.69, 9.17) is 39.5 Å². The summed E-state index contributed by atoms with van der Waals surface area (Å²) in [6.07, 6.45) is 1.75. The molecule has 5 atom stereocenters. The van der Waals surface area contributed by atoms with Crippen LogP contribution in [-0.4, -0.2) is 42.7 Å². The van der Waals surface area contributed by atoms with Crippen molar-refractivity contribution < 1.29 is 37.0 Å². The van der Waals surface area contributed by atoms with Gasteiger partial charge in [-0.3, -0.25) is 4.79 Å². The van der Waals surface area contributed by atoms with Crippen LogP contribution >= 0.6 is 46.6 Å². The Hall–Kier alpha value is -2.40. The number of nitrogens with one attached hydrogen (secondary N) is 1. The average molecular weight is 691 g/mol. The minimum Gasteiger partial charge on any atom is -0.487 e. The first-order valence-electron chi connectivity index (χ1n) is 13.8. The molecule has 0 radical (unpaired) electrons. The van der Waals surface area contributed by atoms with E-state index in [1.54, 1.807) is 0 Å². The van der Waals surface area contributed by atoms with E-state index in [0.29, 0.717) is 48.4 Å². The molecule has 234 valence electrons. The fourth-order valence-electron chi connectivity index (χ4n) is 7.52. The van der Waals surface area contributed by atoms with Gasteiger partial charge in [0.05, 0.1) is 10.4 Å². The Balaban J connectivity index is 1.34. The van der Waals surface area contributed by atoms with E-state index in [2.05, 4.69) is 5.32 Å². The number of aliphatic carboxylic acids is 1. The van der Waals surface area contributed by atoms with Gasteiger partial charge in [0.1, 0.15) is 23.7 Å². The largest absolute Gasteiger partial charge is 0.487 e. The summed E-state index contributed by atoms with van der Waals surface area (Å²) in [7, 11) is 0. The van der Waals surface area contributed by atoms with Crippen LogP contribution in [0.1, 0.15) is 54.4 Å². The maximum Gasteiger partial charge on any atom is 0.446 e. The summed E-state index contributed by atoms with van der Waals surface area (Å²) in [4.78, 5) is 24.5. The van der Waals surface area contributed by atoms with Crippen molar-refractivity contribution in [3.8, 4) is 5.75 Å². The number of carboxylic acids is 1. The van der Waals surface area contributed by atoms with Crippen LogP contribution in [0.2, 0.25) is 0 Å². The van der Waals surface area contributed by atoms with Crippen LogP contribution in [0, 0.1) is 11.7 Å². The van der Waals surface area contributed by atoms with Crippen LogP contribution in [0.5, 0.6) is 5.75 Å². The number of amides is 1. The smallest absolute Gasteiger partial charge is 0.446 e. The molecule has 0 aliphatic heterocycles. The average Bonchev–Trinajstić information content (AvgIpc) is 3.00. The zero-order chi connectivity index (χ0) is 31.7. The Labute approximate surface area is 269 Å². The van der Waals surface area contributed by atoms with Crippen LogP contribution in [0.25, 0.3) is 10.8 Å². The number of alkyl halides is 6. The third-order valence-electron chi connectivity index (χ3n) is 8.85. The third kappa shape index (κ3) is 6.07. The number of ether oxygens (including phenoxy) is 1. The van der Waals surface area contributed by atoms with Crippen molar-refractivity contribution in [2.75, 3.05) is 0 Å². The number of thioether (sulfide) groups is 1. The van der Waals surface area contributed by atoms with E-state index in [1.165, 1.54) is 54.6 Å². The first-order valence-corrected chi connectivity index (χ1v) is 15.8. The molecule has 0 saturated heterocycles. The van der Waals surface area contributed by atoms with Gasteiger partial charge < -0.3 is 15.2 Å². The number of fused-ring (bicyclic) bond motifs is 2. The first kappa shape index (κ1) is 31.6. The van der Waals surface area contributed by atoms with E-state index < -0.39 is 49.3 Å². The molecule has 4 saturated carbocycles. The summed E-state index contributed by atoms with van der Waals surface area (Å²) < 4.78 is 58.4. The molecule has 1 amide bonds. The van der Waals surface area contributed by atoms with Crippen molar-refractivity contribution in [3.05, 3.63) is 71.5 Å². The lowest BCUT2D eigenvalue weighted by Gasteiger charge is -2.51. The maximum atomic E-state index is 14.1. The van der Waals surface area contributed by atoms with E-state index in [1.807, 2.05) is 0 Å². The lowest BCUT2D eigenvalue weighted by Crippen LogP contribution is -2.61. The Morgan fingerprint density at radius 1 is 0.932 bits per heavy atom. The molecule has 0 heterocycles. The number of hydrogen-bond acceptors (Lipinski definition) is 4. The summed E-state index contributed by atoms with van der Waals surface area (Å²) in [6, 6.07) is 12.4. The Kier molecular flexibility index (Phi) is 7.79. The van der Waals surface area contributed by atoms with Gasteiger partial charge in [-0.05, 0) is 97.1 Å². The molecule has 4 aliphatic carbocycles. The zero-order valence-electron chi connectivity index (χ0n) is 22.9. The van der Waals surface area contributed by atoms with Crippen LogP contribution in [-0.2, 0) is 11.4 Å². The van der Waals surface area contributed by atoms with Gasteiger partial charge in [0, 0.05) is 26.5 Å². The third-order valence-corrected chi connectivity index (χ3v) is 10.8. The molecule has 0 spiro atoms. The van der Waals surface area contributed by atoms with Crippen LogP contribution in [0.3, 0.4) is 0 Å². The molecule has 4 aliphatic rings. The number of carbonyl (C=O) groups is 2. The molecule has 4 fully saturated rings. The van der Waals surface area contributed by atoms with Gasteiger partial charge in [0.25, 0.3) is 5.91 Å². The summed E-state index contributed by atoms with van der Waals surface area (Å²) >= 11 is 20.7. The van der Waals surface area contributed by atoms with Gasteiger partial charge >= 0.3 is 11.5 Å². The number of carbonyl (C=O) groups excluding carboxylic acids is 1. The summed E-state index contributed by atoms with van der Waals surface area (Å²) in [5, 5.41) is 14.3. The van der Waals surface area contributed by atoms with Crippen molar-refractivity contribution in [3.63, 3.8) is 0 Å². The zero-order valence-corrected chi connectivity index (χ0v) is 26.0. The summed E-state index contributed by atoms with van der Waals surface area (Å²) in [6.45, 7) is -0.130. The highest BCUT2D eigenvalue weighted by molar-refractivity contribution is 8.00. The van der Waals surface area contributed by atoms with E-state index in [-0.39, 0.29) is 41.0 Å². The van der Waals surface area contributed by atoms with Gasteiger partial charge in [-0.2, -0.15) is 13.2 Å². The Bertz CT molecular complexity index is 1640. The predicted octanol–water partition coefficient (Wildman–Crippen LogP) is 8.65. The highest BCUT2D eigenvalue weighted by Crippen LogP contribution is 2.65. The van der Waals surface area contributed by atoms with Crippen molar-refractivity contribution in [1.29, 1.82) is 0 Å². The molecule has 4 bridgehead atoms. The number of benzene rings is 3. The molecule has 3 aromatic rings. The van der Waals surface area contributed by atoms with Crippen molar-refractivity contribution in [1.82, 2.24) is 5.32 Å². The molecule has 5 nitrogen and oxygen atoms in total. The van der Waals surface area contributed by atoms with Crippen molar-refractivity contribution >= 4 is 69.2 Å². The first-order chi connectivity index (χ1) is 20.5. The Morgan fingerprint density at radius 2 is 1.57 bits per heavy atom. The van der Waals surface area contributed by atoms with Gasteiger partial charge in [0.2, 0.25) is 0 Å². The lowest BCUT2D eigenvalue weighted by molar-refractivity contribution is -0.147. The van der Waals surface area contributed by atoms with Gasteiger partial charge in [-0.25, -0.2) is 9.18 Å². The van der Waals surface area contributed by atoms with Gasteiger partial charge in [-0.1, -0.05) is 18.2 Å². The van der Waals surface area contributed by atoms with E-state index in [0.717, 1.165) is 0 Å². The number of rotatable bonds is 7. The number of hydrogen-bond donors (Lipinski definition) is 2. The van der Waals surface area contributed by atoms with Crippen molar-refractivity contribution in [2.45, 2.75) is 75.7 Å². The van der Waals surface area contributed by atoms with Crippen LogP contribution in [0.4, 0.5) is 17.6 Å². The van der Waals surface area contributed by atoms with E-state index >= 15 is 0 Å². The van der Waals surface area contributed by atoms with Gasteiger partial charge in [-0.15, -0.1) is 34.8 Å². The SMILES string of the molecule is O=C(N[C@@]1(C(=O)O)CC2(Cl)C[C@]3(Cl)C[C@H]1C[C@](Cl)(C2)C3)c1ccc2cc(F)ccc2c1OCc1ccc(SC(F)(F)F)cc1.